The number of benzene rings is 1. The Hall–Kier alpha value is -3.09. The van der Waals surface area contributed by atoms with E-state index >= 15 is 0 Å². The van der Waals surface area contributed by atoms with Gasteiger partial charge in [0.15, 0.2) is 0 Å². The first-order valence-corrected chi connectivity index (χ1v) is 9.61. The van der Waals surface area contributed by atoms with Gasteiger partial charge in [0.1, 0.15) is 5.52 Å². The van der Waals surface area contributed by atoms with Gasteiger partial charge in [-0.3, -0.25) is 14.2 Å². The van der Waals surface area contributed by atoms with Crippen LogP contribution in [-0.4, -0.2) is 38.0 Å². The number of piperidine rings is 1. The minimum absolute atomic E-state index is 0.131. The predicted molar refractivity (Wildman–Crippen MR) is 108 cm³/mol. The van der Waals surface area contributed by atoms with Crippen molar-refractivity contribution in [1.82, 2.24) is 19.0 Å². The van der Waals surface area contributed by atoms with Crippen molar-refractivity contribution in [2.45, 2.75) is 26.3 Å². The number of rotatable bonds is 3. The third-order valence-electron chi connectivity index (χ3n) is 5.46. The van der Waals surface area contributed by atoms with Gasteiger partial charge in [0.2, 0.25) is 0 Å². The first-order chi connectivity index (χ1) is 13.5. The fourth-order valence-corrected chi connectivity index (χ4v) is 4.02. The van der Waals surface area contributed by atoms with Gasteiger partial charge in [-0.15, -0.1) is 0 Å². The Morgan fingerprint density at radius 1 is 1.21 bits per heavy atom. The third kappa shape index (κ3) is 3.17. The van der Waals surface area contributed by atoms with E-state index in [0.717, 1.165) is 18.4 Å². The zero-order valence-electron chi connectivity index (χ0n) is 16.1. The number of hydrogen-bond acceptors (Lipinski definition) is 3. The number of aromatic amines is 1. The van der Waals surface area contributed by atoms with Crippen LogP contribution in [0.25, 0.3) is 11.0 Å². The van der Waals surface area contributed by atoms with Crippen LogP contribution in [0.4, 0.5) is 0 Å². The van der Waals surface area contributed by atoms with E-state index in [1.165, 1.54) is 4.57 Å². The Labute approximate surface area is 162 Å². The molecule has 0 spiro atoms. The molecule has 2 aromatic heterocycles. The molecule has 7 heteroatoms. The second kappa shape index (κ2) is 7.14. The number of hydrogen-bond donors (Lipinski definition) is 1. The van der Waals surface area contributed by atoms with Gasteiger partial charge in [-0.1, -0.05) is 37.3 Å². The largest absolute Gasteiger partial charge is 0.344 e. The van der Waals surface area contributed by atoms with Crippen LogP contribution in [0.5, 0.6) is 0 Å². The van der Waals surface area contributed by atoms with Crippen molar-refractivity contribution < 1.29 is 4.79 Å². The number of carbonyl (C=O) groups excluding carboxylic acids is 1. The van der Waals surface area contributed by atoms with Gasteiger partial charge >= 0.3 is 5.69 Å². The normalized spacial score (nSPS) is 17.2. The maximum absolute atomic E-state index is 13.1. The minimum atomic E-state index is -0.506. The first-order valence-electron chi connectivity index (χ1n) is 9.61. The smallest absolute Gasteiger partial charge is 0.329 e. The van der Waals surface area contributed by atoms with Gasteiger partial charge in [0.25, 0.3) is 11.5 Å². The summed E-state index contributed by atoms with van der Waals surface area (Å²) >= 11 is 0. The monoisotopic (exact) mass is 380 g/mol. The Morgan fingerprint density at radius 3 is 2.68 bits per heavy atom. The van der Waals surface area contributed by atoms with Crippen molar-refractivity contribution in [2.24, 2.45) is 13.0 Å². The summed E-state index contributed by atoms with van der Waals surface area (Å²) in [6.07, 6.45) is 3.73. The number of amides is 1. The highest BCUT2D eigenvalue weighted by atomic mass is 16.2. The molecule has 1 aliphatic rings. The fourth-order valence-electron chi connectivity index (χ4n) is 4.02. The SMILES string of the molecule is CC1CCCN(C(=O)c2cn(C)c3c(=O)n(Cc4ccccc4)c(=O)[nH]c23)C1. The van der Waals surface area contributed by atoms with Gasteiger partial charge < -0.3 is 14.5 Å². The molecule has 1 unspecified atom stereocenters. The molecule has 3 heterocycles. The molecule has 7 nitrogen and oxygen atoms in total. The fraction of sp³-hybridized carbons (Fsp3) is 0.381. The van der Waals surface area contributed by atoms with E-state index in [0.29, 0.717) is 35.6 Å². The molecule has 1 N–H and O–H groups in total. The summed E-state index contributed by atoms with van der Waals surface area (Å²) in [5, 5.41) is 0. The molecule has 1 amide bonds. The molecule has 1 saturated heterocycles. The van der Waals surface area contributed by atoms with Gasteiger partial charge in [-0.05, 0) is 24.3 Å². The van der Waals surface area contributed by atoms with Crippen LogP contribution in [0.2, 0.25) is 0 Å². The third-order valence-corrected chi connectivity index (χ3v) is 5.46. The highest BCUT2D eigenvalue weighted by Crippen LogP contribution is 2.21. The van der Waals surface area contributed by atoms with Crippen LogP contribution in [0, 0.1) is 5.92 Å². The maximum atomic E-state index is 13.1. The van der Waals surface area contributed by atoms with E-state index in [9.17, 15) is 14.4 Å². The lowest BCUT2D eigenvalue weighted by Crippen LogP contribution is -2.39. The van der Waals surface area contributed by atoms with Crippen LogP contribution >= 0.6 is 0 Å². The van der Waals surface area contributed by atoms with Crippen molar-refractivity contribution in [1.29, 1.82) is 0 Å². The zero-order chi connectivity index (χ0) is 19.8. The summed E-state index contributed by atoms with van der Waals surface area (Å²) in [4.78, 5) is 43.3. The summed E-state index contributed by atoms with van der Waals surface area (Å²) in [6, 6.07) is 9.36. The van der Waals surface area contributed by atoms with E-state index in [2.05, 4.69) is 11.9 Å². The van der Waals surface area contributed by atoms with Gasteiger partial charge in [0.05, 0.1) is 17.6 Å². The molecular weight excluding hydrogens is 356 g/mol. The summed E-state index contributed by atoms with van der Waals surface area (Å²) in [6.45, 7) is 3.72. The minimum Gasteiger partial charge on any atom is -0.344 e. The first kappa shape index (κ1) is 18.3. The average Bonchev–Trinajstić information content (AvgIpc) is 3.01. The van der Waals surface area contributed by atoms with Crippen molar-refractivity contribution in [2.75, 3.05) is 13.1 Å². The topological polar surface area (TPSA) is 80.1 Å². The molecule has 1 aliphatic heterocycles. The van der Waals surface area contributed by atoms with Crippen LogP contribution < -0.4 is 11.2 Å². The van der Waals surface area contributed by atoms with Gasteiger partial charge in [-0.2, -0.15) is 0 Å². The van der Waals surface area contributed by atoms with E-state index in [1.54, 1.807) is 17.8 Å². The van der Waals surface area contributed by atoms with Gasteiger partial charge in [-0.25, -0.2) is 4.79 Å². The molecule has 28 heavy (non-hydrogen) atoms. The number of nitrogens with zero attached hydrogens (tertiary/aromatic N) is 3. The van der Waals surface area contributed by atoms with E-state index in [4.69, 9.17) is 0 Å². The number of nitrogens with one attached hydrogen (secondary N) is 1. The molecule has 3 aromatic rings. The Bertz CT molecular complexity index is 1140. The number of carbonyl (C=O) groups is 1. The number of aromatic nitrogens is 3. The summed E-state index contributed by atoms with van der Waals surface area (Å²) in [5.41, 5.74) is 1.01. The second-order valence-electron chi connectivity index (χ2n) is 7.68. The molecule has 1 fully saturated rings. The van der Waals surface area contributed by atoms with Crippen LogP contribution in [-0.2, 0) is 13.6 Å². The van der Waals surface area contributed by atoms with Crippen LogP contribution in [0.15, 0.2) is 46.1 Å². The number of aryl methyl sites for hydroxylation is 1. The van der Waals surface area contributed by atoms with Crippen LogP contribution in [0.1, 0.15) is 35.7 Å². The molecule has 1 atom stereocenters. The van der Waals surface area contributed by atoms with Crippen molar-refractivity contribution in [3.63, 3.8) is 0 Å². The van der Waals surface area contributed by atoms with Crippen molar-refractivity contribution >= 4 is 16.9 Å². The second-order valence-corrected chi connectivity index (χ2v) is 7.68. The Morgan fingerprint density at radius 2 is 1.96 bits per heavy atom. The highest BCUT2D eigenvalue weighted by molar-refractivity contribution is 6.05. The molecule has 146 valence electrons. The summed E-state index contributed by atoms with van der Waals surface area (Å²) in [5.74, 6) is 0.322. The quantitative estimate of drug-likeness (QED) is 0.754. The summed E-state index contributed by atoms with van der Waals surface area (Å²) < 4.78 is 2.81. The number of fused-ring (bicyclic) bond motifs is 1. The van der Waals surface area contributed by atoms with Crippen molar-refractivity contribution in [3.8, 4) is 0 Å². The van der Waals surface area contributed by atoms with Crippen LogP contribution in [0.3, 0.4) is 0 Å². The Kier molecular flexibility index (Phi) is 4.66. The lowest BCUT2D eigenvalue weighted by Gasteiger charge is -2.30. The van der Waals surface area contributed by atoms with E-state index < -0.39 is 11.2 Å². The lowest BCUT2D eigenvalue weighted by molar-refractivity contribution is 0.0684. The standard InChI is InChI=1S/C21H24N4O3/c1-14-7-6-10-24(11-14)19(26)16-13-23(2)18-17(16)22-21(28)25(20(18)27)12-15-8-4-3-5-9-15/h3-5,8-9,13-14H,6-7,10-12H2,1-2H3,(H,22,28). The Balaban J connectivity index is 1.78. The maximum Gasteiger partial charge on any atom is 0.329 e. The van der Waals surface area contributed by atoms with E-state index in [-0.39, 0.29) is 12.5 Å². The molecule has 4 rings (SSSR count). The number of H-pyrrole nitrogens is 1. The summed E-state index contributed by atoms with van der Waals surface area (Å²) in [7, 11) is 1.73. The molecule has 1 aromatic carbocycles. The molecule has 0 saturated carbocycles. The number of likely N-dealkylation sites (tertiary alicyclic amines) is 1. The zero-order valence-corrected chi connectivity index (χ0v) is 16.1. The lowest BCUT2D eigenvalue weighted by atomic mass is 10.00. The predicted octanol–water partition coefficient (Wildman–Crippen LogP) is 1.95. The van der Waals surface area contributed by atoms with Crippen molar-refractivity contribution in [3.05, 3.63) is 68.5 Å². The molecule has 0 aliphatic carbocycles. The highest BCUT2D eigenvalue weighted by Gasteiger charge is 2.26. The molecule has 0 bridgehead atoms. The van der Waals surface area contributed by atoms with E-state index in [1.807, 2.05) is 35.2 Å². The molecule has 0 radical (unpaired) electrons. The average molecular weight is 380 g/mol. The molecular formula is C21H24N4O3. The van der Waals surface area contributed by atoms with Gasteiger partial charge in [0, 0.05) is 26.3 Å².